The molecule has 0 aromatic heterocycles. The number of hydrogen-bond acceptors (Lipinski definition) is 14. The zero-order valence-corrected chi connectivity index (χ0v) is 43.6. The van der Waals surface area contributed by atoms with E-state index >= 15 is 0 Å². The molecule has 0 aliphatic heterocycles. The number of aliphatic hydroxyl groups is 3. The first kappa shape index (κ1) is 65.1. The molecule has 8 N–H and O–H groups in total. The predicted octanol–water partition coefficient (Wildman–Crippen LogP) is 9.40. The lowest BCUT2D eigenvalue weighted by molar-refractivity contribution is -0.213. The van der Waals surface area contributed by atoms with Crippen molar-refractivity contribution in [3.63, 3.8) is 0 Å². The molecule has 69 heavy (non-hydrogen) atoms. The van der Waals surface area contributed by atoms with E-state index < -0.39 is 91.3 Å². The minimum absolute atomic E-state index is 0.00593. The minimum Gasteiger partial charge on any atom is -0.462 e. The van der Waals surface area contributed by atoms with Gasteiger partial charge in [-0.05, 0) is 70.6 Å². The summed E-state index contributed by atoms with van der Waals surface area (Å²) in [6.07, 6.45) is 25.6. The summed E-state index contributed by atoms with van der Waals surface area (Å²) in [5.74, 6) is -1.37. The topological polar surface area (TPSA) is 303 Å². The second-order valence-electron chi connectivity index (χ2n) is 17.4. The fourth-order valence-electron chi connectivity index (χ4n) is 7.36. The van der Waals surface area contributed by atoms with Gasteiger partial charge in [0.15, 0.2) is 6.10 Å². The van der Waals surface area contributed by atoms with Crippen LogP contribution in [0.5, 0.6) is 0 Å². The van der Waals surface area contributed by atoms with E-state index in [4.69, 9.17) is 18.5 Å². The molecule has 0 amide bonds. The third-order valence-electron chi connectivity index (χ3n) is 11.1. The number of ether oxygens (including phenoxy) is 2. The van der Waals surface area contributed by atoms with Crippen LogP contribution in [0.15, 0.2) is 48.6 Å². The quantitative estimate of drug-likeness (QED) is 0.0122. The van der Waals surface area contributed by atoms with Crippen LogP contribution in [0.4, 0.5) is 0 Å². The summed E-state index contributed by atoms with van der Waals surface area (Å²) in [5.41, 5.74) is 0. The van der Waals surface area contributed by atoms with E-state index in [0.29, 0.717) is 19.3 Å². The first-order valence-corrected chi connectivity index (χ1v) is 29.5. The number of carbonyl (C=O) groups is 2. The predicted molar refractivity (Wildman–Crippen MR) is 261 cm³/mol. The summed E-state index contributed by atoms with van der Waals surface area (Å²) < 4.78 is 65.5. The highest BCUT2D eigenvalue weighted by molar-refractivity contribution is 7.47. The average molecular weight is 1050 g/mol. The van der Waals surface area contributed by atoms with Crippen LogP contribution in [0.2, 0.25) is 0 Å². The molecule has 19 nitrogen and oxygen atoms in total. The Morgan fingerprint density at radius 1 is 0.464 bits per heavy atom. The van der Waals surface area contributed by atoms with Crippen LogP contribution in [0.3, 0.4) is 0 Å². The Kier molecular flexibility index (Phi) is 36.5. The number of esters is 2. The molecule has 0 heterocycles. The van der Waals surface area contributed by atoms with Crippen LogP contribution >= 0.6 is 23.5 Å². The summed E-state index contributed by atoms with van der Waals surface area (Å²) in [6, 6.07) is 0. The normalized spacial score (nSPS) is 21.7. The highest BCUT2D eigenvalue weighted by Gasteiger charge is 2.56. The summed E-state index contributed by atoms with van der Waals surface area (Å²) in [4.78, 5) is 73.2. The molecule has 0 saturated heterocycles. The number of unbranched alkanes of at least 4 members (excludes halogenated alkanes) is 18. The molecule has 0 radical (unpaired) electrons. The van der Waals surface area contributed by atoms with Gasteiger partial charge in [-0.1, -0.05) is 146 Å². The van der Waals surface area contributed by atoms with E-state index in [0.717, 1.165) is 57.8 Å². The molecular formula is C47H85O19P3. The number of hydrogen-bond donors (Lipinski definition) is 8. The minimum atomic E-state index is -5.61. The molecule has 1 fully saturated rings. The number of carbonyl (C=O) groups excluding carboxylic acids is 2. The van der Waals surface area contributed by atoms with E-state index in [2.05, 4.69) is 59.4 Å². The molecule has 402 valence electrons. The van der Waals surface area contributed by atoms with Crippen molar-refractivity contribution >= 4 is 35.4 Å². The number of phosphoric ester groups is 3. The summed E-state index contributed by atoms with van der Waals surface area (Å²) in [5, 5.41) is 31.9. The van der Waals surface area contributed by atoms with Gasteiger partial charge in [0.25, 0.3) is 0 Å². The van der Waals surface area contributed by atoms with E-state index in [-0.39, 0.29) is 12.8 Å². The third-order valence-corrected chi connectivity index (χ3v) is 13.1. The highest BCUT2D eigenvalue weighted by Crippen LogP contribution is 2.51. The molecule has 1 saturated carbocycles. The number of phosphoric acid groups is 3. The number of rotatable bonds is 42. The maximum atomic E-state index is 13.1. The summed E-state index contributed by atoms with van der Waals surface area (Å²) in [6.45, 7) is 2.89. The Morgan fingerprint density at radius 3 is 1.35 bits per heavy atom. The van der Waals surface area contributed by atoms with Crippen molar-refractivity contribution in [2.75, 3.05) is 13.2 Å². The zero-order valence-electron chi connectivity index (χ0n) is 40.9. The lowest BCUT2D eigenvalue weighted by Gasteiger charge is -2.44. The van der Waals surface area contributed by atoms with Gasteiger partial charge >= 0.3 is 35.4 Å². The van der Waals surface area contributed by atoms with Gasteiger partial charge in [-0.25, -0.2) is 13.7 Å². The number of allylic oxidation sites excluding steroid dienone is 8. The van der Waals surface area contributed by atoms with Crippen LogP contribution < -0.4 is 0 Å². The van der Waals surface area contributed by atoms with Gasteiger partial charge in [0.2, 0.25) is 0 Å². The van der Waals surface area contributed by atoms with Gasteiger partial charge in [0.1, 0.15) is 43.2 Å². The van der Waals surface area contributed by atoms with Gasteiger partial charge in [-0.2, -0.15) is 0 Å². The maximum Gasteiger partial charge on any atom is 0.472 e. The smallest absolute Gasteiger partial charge is 0.462 e. The Balaban J connectivity index is 2.75. The average Bonchev–Trinajstić information content (AvgIpc) is 3.28. The van der Waals surface area contributed by atoms with Crippen molar-refractivity contribution in [3.8, 4) is 0 Å². The largest absolute Gasteiger partial charge is 0.472 e. The van der Waals surface area contributed by atoms with Crippen molar-refractivity contribution in [1.82, 2.24) is 0 Å². The van der Waals surface area contributed by atoms with Crippen LogP contribution in [0, 0.1) is 0 Å². The third kappa shape index (κ3) is 35.0. The molecule has 0 bridgehead atoms. The van der Waals surface area contributed by atoms with Crippen LogP contribution in [0.25, 0.3) is 0 Å². The van der Waals surface area contributed by atoms with Crippen LogP contribution in [-0.2, 0) is 50.9 Å². The van der Waals surface area contributed by atoms with Gasteiger partial charge in [-0.15, -0.1) is 0 Å². The first-order chi connectivity index (χ1) is 32.8. The molecule has 8 unspecified atom stereocenters. The summed E-state index contributed by atoms with van der Waals surface area (Å²) >= 11 is 0. The molecule has 22 heteroatoms. The van der Waals surface area contributed by atoms with E-state index in [1.165, 1.54) is 77.0 Å². The molecule has 8 atom stereocenters. The standard InChI is InChI=1S/C47H85O19P3/c1-3-5-7-9-11-13-15-17-19-20-22-23-25-27-29-31-33-35-40(48)61-37-39(63-41(49)36-34-32-30-28-26-24-21-18-16-14-12-10-8-6-4-2)38-62-69(59,60)66-45-42(50)43(51)46(64-67(53,54)55)47(44(45)52)65-68(56,57)58/h17-19,21-23,27,29,39,42-47,50-52H,3-16,20,24-26,28,30-38H2,1-2H3,(H,59,60)(H2,53,54,55)(H2,56,57,58). The van der Waals surface area contributed by atoms with Crippen molar-refractivity contribution in [2.24, 2.45) is 0 Å². The molecule has 0 spiro atoms. The highest BCUT2D eigenvalue weighted by atomic mass is 31.2. The van der Waals surface area contributed by atoms with Crippen molar-refractivity contribution in [2.45, 2.75) is 224 Å². The van der Waals surface area contributed by atoms with E-state index in [9.17, 15) is 63.1 Å². The molecule has 1 aliphatic carbocycles. The Bertz CT molecular complexity index is 1630. The van der Waals surface area contributed by atoms with Gasteiger partial charge in [0.05, 0.1) is 6.61 Å². The maximum absolute atomic E-state index is 13.1. The molecule has 1 aliphatic rings. The van der Waals surface area contributed by atoms with Gasteiger partial charge in [0, 0.05) is 12.8 Å². The lowest BCUT2D eigenvalue weighted by atomic mass is 9.85. The van der Waals surface area contributed by atoms with Crippen molar-refractivity contribution in [1.29, 1.82) is 0 Å². The van der Waals surface area contributed by atoms with Gasteiger partial charge < -0.3 is 49.3 Å². The van der Waals surface area contributed by atoms with Crippen LogP contribution in [-0.4, -0.2) is 108 Å². The zero-order chi connectivity index (χ0) is 51.4. The Hall–Kier alpha value is -1.89. The SMILES string of the molecule is CCCCCCCCC=CCC=CCC=CCCCC(=O)OCC(COP(=O)(O)OC1C(O)C(O)C(OP(=O)(O)O)C(OP(=O)(O)O)C1O)OC(=O)CCCCCCCC=CCCCCCCCC. The van der Waals surface area contributed by atoms with Crippen molar-refractivity contribution < 1.29 is 90.6 Å². The molecule has 0 aromatic rings. The Labute approximate surface area is 410 Å². The molecule has 0 aromatic carbocycles. The monoisotopic (exact) mass is 1050 g/mol. The molecule has 1 rings (SSSR count). The Morgan fingerprint density at radius 2 is 0.855 bits per heavy atom. The van der Waals surface area contributed by atoms with E-state index in [1.807, 2.05) is 12.2 Å². The van der Waals surface area contributed by atoms with E-state index in [1.54, 1.807) is 0 Å². The summed E-state index contributed by atoms with van der Waals surface area (Å²) in [7, 11) is -16.6. The lowest BCUT2D eigenvalue weighted by Crippen LogP contribution is -2.65. The fourth-order valence-corrected chi connectivity index (χ4v) is 9.45. The van der Waals surface area contributed by atoms with Gasteiger partial charge in [-0.3, -0.25) is 27.7 Å². The second-order valence-corrected chi connectivity index (χ2v) is 21.2. The second kappa shape index (κ2) is 38.7. The van der Waals surface area contributed by atoms with Crippen LogP contribution in [0.1, 0.15) is 181 Å². The first-order valence-electron chi connectivity index (χ1n) is 24.9. The van der Waals surface area contributed by atoms with Crippen molar-refractivity contribution in [3.05, 3.63) is 48.6 Å². The molecular weight excluding hydrogens is 961 g/mol. The number of aliphatic hydroxyl groups excluding tert-OH is 3. The fraction of sp³-hybridized carbons (Fsp3) is 0.787.